The van der Waals surface area contributed by atoms with Gasteiger partial charge in [-0.05, 0) is 73.2 Å². The molecule has 0 spiro atoms. The second kappa shape index (κ2) is 10.1. The first-order valence-electron chi connectivity index (χ1n) is 12.7. The molecule has 12 heteroatoms. The molecule has 0 amide bonds. The molecule has 0 N–H and O–H groups in total. The van der Waals surface area contributed by atoms with Crippen LogP contribution in [0.25, 0.3) is 11.3 Å². The number of hydrogen-bond acceptors (Lipinski definition) is 9. The molecule has 2 aromatic carbocycles. The molecule has 41 heavy (non-hydrogen) atoms. The van der Waals surface area contributed by atoms with Gasteiger partial charge in [-0.2, -0.15) is 5.10 Å². The zero-order valence-corrected chi connectivity index (χ0v) is 22.7. The Hall–Kier alpha value is -5.16. The topological polar surface area (TPSA) is 114 Å². The number of aryl methyl sites for hydroxylation is 1. The summed E-state index contributed by atoms with van der Waals surface area (Å²) in [6.45, 7) is 2.00. The third kappa shape index (κ3) is 4.45. The molecule has 0 aliphatic carbocycles. The largest absolute Gasteiger partial charge is 0.497 e. The second-order valence-electron chi connectivity index (χ2n) is 9.28. The van der Waals surface area contributed by atoms with E-state index in [0.717, 1.165) is 28.3 Å². The highest BCUT2D eigenvalue weighted by Crippen LogP contribution is 2.49. The average Bonchev–Trinajstić information content (AvgIpc) is 3.74. The van der Waals surface area contributed by atoms with Gasteiger partial charge < -0.3 is 18.7 Å². The van der Waals surface area contributed by atoms with E-state index in [1.165, 1.54) is 0 Å². The Morgan fingerprint density at radius 3 is 2.63 bits per heavy atom. The van der Waals surface area contributed by atoms with Crippen LogP contribution < -0.4 is 9.47 Å². The van der Waals surface area contributed by atoms with Gasteiger partial charge in [0, 0.05) is 5.02 Å². The van der Waals surface area contributed by atoms with E-state index in [1.807, 2.05) is 67.6 Å². The van der Waals surface area contributed by atoms with Crippen LogP contribution in [0.4, 0.5) is 0 Å². The summed E-state index contributed by atoms with van der Waals surface area (Å²) in [5, 5.41) is 14.0. The zero-order valence-electron chi connectivity index (χ0n) is 21.9. The van der Waals surface area contributed by atoms with Crippen molar-refractivity contribution < 1.29 is 18.7 Å². The first-order chi connectivity index (χ1) is 20.1. The molecular weight excluding hydrogens is 546 g/mol. The van der Waals surface area contributed by atoms with Crippen LogP contribution in [-0.2, 0) is 11.4 Å². The van der Waals surface area contributed by atoms with Gasteiger partial charge >= 0.3 is 0 Å². The smallest absolute Gasteiger partial charge is 0.230 e. The van der Waals surface area contributed by atoms with Crippen molar-refractivity contribution in [1.82, 2.24) is 29.4 Å². The van der Waals surface area contributed by atoms with E-state index < -0.39 is 0 Å². The lowest BCUT2D eigenvalue weighted by Crippen LogP contribution is -2.15. The van der Waals surface area contributed by atoms with Crippen LogP contribution in [0.15, 0.2) is 82.8 Å². The van der Waals surface area contributed by atoms with Crippen molar-refractivity contribution in [1.29, 1.82) is 0 Å². The summed E-state index contributed by atoms with van der Waals surface area (Å²) in [6.07, 6.45) is 4.81. The molecule has 0 bridgehead atoms. The van der Waals surface area contributed by atoms with Crippen molar-refractivity contribution in [3.8, 4) is 23.2 Å². The van der Waals surface area contributed by atoms with Crippen molar-refractivity contribution >= 4 is 23.5 Å². The molecule has 0 unspecified atom stereocenters. The molecule has 0 fully saturated rings. The Kier molecular flexibility index (Phi) is 6.12. The van der Waals surface area contributed by atoms with Gasteiger partial charge in [-0.25, -0.2) is 19.2 Å². The van der Waals surface area contributed by atoms with E-state index >= 15 is 0 Å². The molecule has 11 nitrogen and oxygen atoms in total. The molecule has 1 aliphatic rings. The van der Waals surface area contributed by atoms with Crippen LogP contribution in [-0.4, -0.2) is 42.7 Å². The number of ether oxygens (including phenoxy) is 2. The van der Waals surface area contributed by atoms with Crippen LogP contribution in [0.2, 0.25) is 5.02 Å². The standard InChI is InChI=1S/C29H22ClN7O4/c1-17-24-25(22-4-3-13-39-22)26-27-33-23(15-40-32-14-18-5-11-21(38-2)12-6-18)35-36(27)16-31-28(26)41-29(24)37(34-17)20-9-7-19(30)8-10-20/h3-14,16,25H,15H2,1-2H3/b32-14-/t25-/m1/s1. The van der Waals surface area contributed by atoms with E-state index in [9.17, 15) is 0 Å². The minimum Gasteiger partial charge on any atom is -0.497 e. The number of aromatic nitrogens is 6. The van der Waals surface area contributed by atoms with Gasteiger partial charge in [0.2, 0.25) is 11.8 Å². The average molecular weight is 568 g/mol. The van der Waals surface area contributed by atoms with E-state index in [-0.39, 0.29) is 12.5 Å². The molecule has 0 saturated heterocycles. The van der Waals surface area contributed by atoms with E-state index in [1.54, 1.807) is 35.1 Å². The molecule has 0 saturated carbocycles. The Balaban J connectivity index is 1.24. The Labute approximate surface area is 238 Å². The van der Waals surface area contributed by atoms with Crippen LogP contribution in [0.1, 0.15) is 39.9 Å². The van der Waals surface area contributed by atoms with Gasteiger partial charge in [0.25, 0.3) is 0 Å². The predicted octanol–water partition coefficient (Wildman–Crippen LogP) is 5.71. The van der Waals surface area contributed by atoms with Gasteiger partial charge in [0.15, 0.2) is 18.1 Å². The van der Waals surface area contributed by atoms with Crippen LogP contribution in [0, 0.1) is 6.92 Å². The third-order valence-corrected chi connectivity index (χ3v) is 7.00. The van der Waals surface area contributed by atoms with Crippen molar-refractivity contribution in [3.05, 3.63) is 112 Å². The maximum absolute atomic E-state index is 6.39. The second-order valence-corrected chi connectivity index (χ2v) is 9.72. The lowest BCUT2D eigenvalue weighted by atomic mass is 9.88. The highest BCUT2D eigenvalue weighted by molar-refractivity contribution is 6.30. The summed E-state index contributed by atoms with van der Waals surface area (Å²) in [7, 11) is 1.62. The molecule has 0 radical (unpaired) electrons. The van der Waals surface area contributed by atoms with Gasteiger partial charge in [-0.3, -0.25) is 0 Å². The number of hydrogen-bond donors (Lipinski definition) is 0. The number of nitrogens with zero attached hydrogens (tertiary/aromatic N) is 7. The number of halogens is 1. The Morgan fingerprint density at radius 2 is 1.88 bits per heavy atom. The summed E-state index contributed by atoms with van der Waals surface area (Å²) in [5.74, 6) is 2.46. The van der Waals surface area contributed by atoms with Gasteiger partial charge in [0.1, 0.15) is 17.8 Å². The fourth-order valence-corrected chi connectivity index (χ4v) is 4.99. The summed E-state index contributed by atoms with van der Waals surface area (Å²) < 4.78 is 20.8. The van der Waals surface area contributed by atoms with Crippen LogP contribution in [0.3, 0.4) is 0 Å². The fraction of sp³-hybridized carbons (Fsp3) is 0.138. The van der Waals surface area contributed by atoms with Crippen LogP contribution >= 0.6 is 11.6 Å². The van der Waals surface area contributed by atoms with Crippen molar-refractivity contribution in [2.45, 2.75) is 19.4 Å². The minimum atomic E-state index is -0.382. The predicted molar refractivity (Wildman–Crippen MR) is 149 cm³/mol. The summed E-state index contributed by atoms with van der Waals surface area (Å²) >= 11 is 6.12. The molecule has 1 atom stereocenters. The third-order valence-electron chi connectivity index (χ3n) is 6.75. The van der Waals surface area contributed by atoms with E-state index in [2.05, 4.69) is 15.2 Å². The first kappa shape index (κ1) is 24.9. The number of fused-ring (bicyclic) bond motifs is 4. The highest BCUT2D eigenvalue weighted by Gasteiger charge is 2.39. The molecule has 5 heterocycles. The summed E-state index contributed by atoms with van der Waals surface area (Å²) in [5.41, 5.74) is 4.59. The fourth-order valence-electron chi connectivity index (χ4n) is 4.86. The Bertz CT molecular complexity index is 1880. The number of benzene rings is 2. The van der Waals surface area contributed by atoms with Crippen LogP contribution in [0.5, 0.6) is 17.5 Å². The normalized spacial score (nSPS) is 14.2. The molecule has 6 aromatic rings. The molecular formula is C29H22ClN7O4. The molecule has 204 valence electrons. The lowest BCUT2D eigenvalue weighted by molar-refractivity contribution is 0.126. The Morgan fingerprint density at radius 1 is 1.05 bits per heavy atom. The minimum absolute atomic E-state index is 0.0637. The SMILES string of the molecule is COc1ccc(/C=N\OCc2nc3c4c(ncn3n2)Oc2c(c(C)nn2-c2ccc(Cl)cc2)[C@H]4c2ccco2)cc1. The zero-order chi connectivity index (χ0) is 27.9. The molecule has 1 aliphatic heterocycles. The van der Waals surface area contributed by atoms with Crippen molar-refractivity contribution in [3.63, 3.8) is 0 Å². The van der Waals surface area contributed by atoms with Crippen molar-refractivity contribution in [2.24, 2.45) is 5.16 Å². The molecule has 7 rings (SSSR count). The number of methoxy groups -OCH3 is 1. The monoisotopic (exact) mass is 567 g/mol. The van der Waals surface area contributed by atoms with Gasteiger partial charge in [0.05, 0.1) is 48.0 Å². The first-order valence-corrected chi connectivity index (χ1v) is 13.1. The lowest BCUT2D eigenvalue weighted by Gasteiger charge is -2.24. The number of rotatable bonds is 7. The quantitative estimate of drug-likeness (QED) is 0.178. The van der Waals surface area contributed by atoms with E-state index in [0.29, 0.717) is 39.6 Å². The van der Waals surface area contributed by atoms with E-state index in [4.69, 9.17) is 40.4 Å². The number of oxime groups is 1. The van der Waals surface area contributed by atoms with Gasteiger partial charge in [-0.1, -0.05) is 16.8 Å². The van der Waals surface area contributed by atoms with Gasteiger partial charge in [-0.15, -0.1) is 5.10 Å². The maximum atomic E-state index is 6.39. The summed E-state index contributed by atoms with van der Waals surface area (Å²) in [4.78, 5) is 14.8. The molecule has 4 aromatic heterocycles. The maximum Gasteiger partial charge on any atom is 0.230 e. The number of furan rings is 1. The highest BCUT2D eigenvalue weighted by atomic mass is 35.5. The summed E-state index contributed by atoms with van der Waals surface area (Å²) in [6, 6.07) is 18.6. The van der Waals surface area contributed by atoms with Crippen molar-refractivity contribution in [2.75, 3.05) is 7.11 Å².